The predicted molar refractivity (Wildman–Crippen MR) is 111 cm³/mol. The average molecular weight is 481 g/mol. The molecule has 0 saturated heterocycles. The Morgan fingerprint density at radius 1 is 1.23 bits per heavy atom. The van der Waals surface area contributed by atoms with E-state index in [9.17, 15) is 13.9 Å². The van der Waals surface area contributed by atoms with Crippen LogP contribution in [0.15, 0.2) is 22.8 Å². The first kappa shape index (κ1) is 20.4. The van der Waals surface area contributed by atoms with E-state index in [0.717, 1.165) is 12.1 Å². The van der Waals surface area contributed by atoms with Crippen LogP contribution in [-0.4, -0.2) is 53.9 Å². The fourth-order valence-corrected chi connectivity index (χ4v) is 3.43. The number of aliphatic hydroxyl groups is 1. The number of rotatable bonds is 6. The van der Waals surface area contributed by atoms with E-state index in [2.05, 4.69) is 46.3 Å². The Kier molecular flexibility index (Phi) is 5.06. The molecule has 9 nitrogen and oxygen atoms in total. The van der Waals surface area contributed by atoms with Crippen LogP contribution in [0.4, 0.5) is 20.7 Å². The fourth-order valence-electron chi connectivity index (χ4n) is 3.08. The number of hydrogen-bond donors (Lipinski definition) is 3. The first-order chi connectivity index (χ1) is 14.1. The quantitative estimate of drug-likeness (QED) is 0.389. The zero-order valence-corrected chi connectivity index (χ0v) is 18.0. The number of benzene rings is 1. The molecular weight excluding hydrogens is 462 g/mol. The summed E-state index contributed by atoms with van der Waals surface area (Å²) in [6, 6.07) is 2.11. The highest BCUT2D eigenvalue weighted by Crippen LogP contribution is 2.22. The number of aromatic nitrogens is 6. The second kappa shape index (κ2) is 7.43. The number of halogens is 3. The molecule has 4 aromatic rings. The lowest BCUT2D eigenvalue weighted by Gasteiger charge is -2.25. The van der Waals surface area contributed by atoms with Crippen molar-refractivity contribution in [2.24, 2.45) is 0 Å². The molecule has 158 valence electrons. The van der Waals surface area contributed by atoms with Gasteiger partial charge in [0.05, 0.1) is 33.8 Å². The summed E-state index contributed by atoms with van der Waals surface area (Å²) in [7, 11) is 1.78. The number of hydrogen-bond acceptors (Lipinski definition) is 7. The predicted octanol–water partition coefficient (Wildman–Crippen LogP) is 2.86. The van der Waals surface area contributed by atoms with Gasteiger partial charge in [-0.05, 0) is 29.8 Å². The molecule has 0 fully saturated rings. The third-order valence-corrected chi connectivity index (χ3v) is 4.83. The molecule has 0 aliphatic heterocycles. The molecule has 0 amide bonds. The van der Waals surface area contributed by atoms with Gasteiger partial charge in [-0.1, -0.05) is 0 Å². The number of nitrogens with one attached hydrogen (secondary N) is 2. The second-order valence-corrected chi connectivity index (χ2v) is 8.42. The molecule has 12 heteroatoms. The zero-order chi connectivity index (χ0) is 21.6. The summed E-state index contributed by atoms with van der Waals surface area (Å²) in [6.07, 6.45) is 1.60. The van der Waals surface area contributed by atoms with Crippen molar-refractivity contribution in [1.29, 1.82) is 0 Å². The summed E-state index contributed by atoms with van der Waals surface area (Å²) in [4.78, 5) is 18.0. The normalized spacial score (nSPS) is 12.1. The number of imidazole rings is 1. The minimum Gasteiger partial charge on any atom is -0.389 e. The number of fused-ring (bicyclic) bond motifs is 2. The third kappa shape index (κ3) is 4.05. The molecule has 0 aliphatic rings. The van der Waals surface area contributed by atoms with Crippen molar-refractivity contribution < 1.29 is 13.9 Å². The van der Waals surface area contributed by atoms with Crippen LogP contribution in [-0.2, 0) is 6.54 Å². The maximum atomic E-state index is 13.4. The van der Waals surface area contributed by atoms with Crippen molar-refractivity contribution >= 4 is 44.5 Å². The Hall–Kier alpha value is -2.86. The van der Waals surface area contributed by atoms with Crippen molar-refractivity contribution in [3.63, 3.8) is 0 Å². The van der Waals surface area contributed by atoms with Gasteiger partial charge in [-0.15, -0.1) is 0 Å². The van der Waals surface area contributed by atoms with Gasteiger partial charge in [-0.3, -0.25) is 0 Å². The van der Waals surface area contributed by atoms with Crippen LogP contribution < -0.4 is 10.2 Å². The number of aromatic amines is 1. The van der Waals surface area contributed by atoms with E-state index >= 15 is 0 Å². The van der Waals surface area contributed by atoms with Crippen molar-refractivity contribution in [3.8, 4) is 0 Å². The number of nitrogens with zero attached hydrogens (tertiary/aromatic N) is 6. The highest BCUT2D eigenvalue weighted by atomic mass is 79.9. The lowest BCUT2D eigenvalue weighted by atomic mass is 10.1. The molecule has 3 aromatic heterocycles. The molecule has 4 rings (SSSR count). The first-order valence-electron chi connectivity index (χ1n) is 9.03. The first-order valence-corrected chi connectivity index (χ1v) is 9.82. The standard InChI is InChI=1S/C18H19BrF2N8O/c1-18(2,30)8-28(3)17-26-15-9(19)6-23-29(15)16(27-17)22-7-14-24-12-4-10(20)11(21)5-13(12)25-14/h4-6,30H,7-8H2,1-3H3,(H,24,25)(H,22,26,27). The Labute approximate surface area is 178 Å². The molecule has 1 aromatic carbocycles. The van der Waals surface area contributed by atoms with Gasteiger partial charge in [-0.25, -0.2) is 13.8 Å². The number of likely N-dealkylation sites (N-methyl/N-ethyl adjacent to an activating group) is 1. The topological polar surface area (TPSA) is 107 Å². The molecule has 3 heterocycles. The Morgan fingerprint density at radius 2 is 1.97 bits per heavy atom. The Morgan fingerprint density at radius 3 is 2.70 bits per heavy atom. The molecule has 0 bridgehead atoms. The maximum absolute atomic E-state index is 13.4. The summed E-state index contributed by atoms with van der Waals surface area (Å²) < 4.78 is 29.1. The maximum Gasteiger partial charge on any atom is 0.230 e. The van der Waals surface area contributed by atoms with Gasteiger partial charge in [0.15, 0.2) is 17.3 Å². The molecular formula is C18H19BrF2N8O. The van der Waals surface area contributed by atoms with Crippen molar-refractivity contribution in [1.82, 2.24) is 29.5 Å². The largest absolute Gasteiger partial charge is 0.389 e. The van der Waals surface area contributed by atoms with Gasteiger partial charge in [0.2, 0.25) is 11.9 Å². The third-order valence-electron chi connectivity index (χ3n) is 4.27. The molecule has 0 aliphatic carbocycles. The van der Waals surface area contributed by atoms with E-state index < -0.39 is 17.2 Å². The van der Waals surface area contributed by atoms with Gasteiger partial charge in [-0.2, -0.15) is 19.6 Å². The van der Waals surface area contributed by atoms with E-state index in [1.54, 1.807) is 32.0 Å². The lowest BCUT2D eigenvalue weighted by Crippen LogP contribution is -2.37. The van der Waals surface area contributed by atoms with Crippen molar-refractivity contribution in [3.05, 3.63) is 40.3 Å². The highest BCUT2D eigenvalue weighted by Gasteiger charge is 2.20. The molecule has 0 saturated carbocycles. The molecule has 3 N–H and O–H groups in total. The van der Waals surface area contributed by atoms with Crippen LogP contribution in [0.3, 0.4) is 0 Å². The minimum absolute atomic E-state index is 0.205. The van der Waals surface area contributed by atoms with Gasteiger partial charge in [0.1, 0.15) is 5.82 Å². The van der Waals surface area contributed by atoms with Gasteiger partial charge >= 0.3 is 0 Å². The van der Waals surface area contributed by atoms with E-state index in [1.807, 2.05) is 0 Å². The van der Waals surface area contributed by atoms with Crippen molar-refractivity contribution in [2.75, 3.05) is 23.8 Å². The van der Waals surface area contributed by atoms with Crippen LogP contribution >= 0.6 is 15.9 Å². The molecule has 30 heavy (non-hydrogen) atoms. The van der Waals surface area contributed by atoms with Gasteiger partial charge < -0.3 is 20.3 Å². The van der Waals surface area contributed by atoms with E-state index in [-0.39, 0.29) is 6.54 Å². The fraction of sp³-hybridized carbons (Fsp3) is 0.333. The summed E-state index contributed by atoms with van der Waals surface area (Å²) in [6.45, 7) is 3.91. The van der Waals surface area contributed by atoms with Crippen LogP contribution in [0.2, 0.25) is 0 Å². The summed E-state index contributed by atoms with van der Waals surface area (Å²) in [5, 5.41) is 17.5. The van der Waals surface area contributed by atoms with Gasteiger partial charge in [0.25, 0.3) is 0 Å². The molecule has 0 spiro atoms. The second-order valence-electron chi connectivity index (χ2n) is 7.56. The van der Waals surface area contributed by atoms with E-state index in [4.69, 9.17) is 0 Å². The number of anilines is 2. The minimum atomic E-state index is -0.952. The van der Waals surface area contributed by atoms with Crippen LogP contribution in [0, 0.1) is 11.6 Å². The van der Waals surface area contributed by atoms with Gasteiger partial charge in [0, 0.05) is 25.7 Å². The van der Waals surface area contributed by atoms with E-state index in [0.29, 0.717) is 45.4 Å². The Bertz CT molecular complexity index is 1190. The smallest absolute Gasteiger partial charge is 0.230 e. The monoisotopic (exact) mass is 480 g/mol. The van der Waals surface area contributed by atoms with Crippen LogP contribution in [0.25, 0.3) is 16.7 Å². The summed E-state index contributed by atoms with van der Waals surface area (Å²) in [5.74, 6) is -0.640. The summed E-state index contributed by atoms with van der Waals surface area (Å²) >= 11 is 3.42. The lowest BCUT2D eigenvalue weighted by molar-refractivity contribution is 0.0883. The summed E-state index contributed by atoms with van der Waals surface area (Å²) in [5.41, 5.74) is 0.324. The zero-order valence-electron chi connectivity index (χ0n) is 16.4. The van der Waals surface area contributed by atoms with Crippen LogP contribution in [0.5, 0.6) is 0 Å². The average Bonchev–Trinajstić information content (AvgIpc) is 3.22. The highest BCUT2D eigenvalue weighted by molar-refractivity contribution is 9.10. The van der Waals surface area contributed by atoms with Crippen LogP contribution in [0.1, 0.15) is 19.7 Å². The molecule has 0 unspecified atom stereocenters. The van der Waals surface area contributed by atoms with Crippen molar-refractivity contribution in [2.45, 2.75) is 26.0 Å². The molecule has 0 atom stereocenters. The SMILES string of the molecule is CN(CC(C)(C)O)c1nc(NCc2nc3cc(F)c(F)cc3[nH]2)n2ncc(Br)c2n1. The van der Waals surface area contributed by atoms with E-state index in [1.165, 1.54) is 4.52 Å². The Balaban J connectivity index is 1.64. The number of H-pyrrole nitrogens is 1. The molecule has 0 radical (unpaired) electrons.